The number of carbonyl (C=O) groups is 1. The maximum Gasteiger partial charge on any atom is 0.203 e. The van der Waals surface area contributed by atoms with E-state index in [0.29, 0.717) is 16.9 Å². The van der Waals surface area contributed by atoms with E-state index in [1.807, 2.05) is 24.3 Å². The second kappa shape index (κ2) is 8.14. The van der Waals surface area contributed by atoms with Crippen molar-refractivity contribution in [3.8, 4) is 17.9 Å². The van der Waals surface area contributed by atoms with Crippen LogP contribution in [0.25, 0.3) is 6.08 Å². The molecular formula is C22H20N2O2. The van der Waals surface area contributed by atoms with E-state index in [2.05, 4.69) is 20.8 Å². The van der Waals surface area contributed by atoms with E-state index in [1.165, 1.54) is 6.08 Å². The van der Waals surface area contributed by atoms with Crippen LogP contribution in [-0.2, 0) is 5.41 Å². The van der Waals surface area contributed by atoms with Gasteiger partial charge in [-0.1, -0.05) is 63.2 Å². The minimum Gasteiger partial charge on any atom is -0.478 e. The first-order valence-electron chi connectivity index (χ1n) is 8.22. The molecule has 0 bridgehead atoms. The normalized spacial score (nSPS) is 11.3. The average molecular weight is 344 g/mol. The molecule has 0 aliphatic carbocycles. The van der Waals surface area contributed by atoms with Gasteiger partial charge in [0, 0.05) is 11.1 Å². The van der Waals surface area contributed by atoms with Crippen LogP contribution in [0.3, 0.4) is 0 Å². The molecule has 0 aliphatic heterocycles. The number of allylic oxidation sites excluding steroid dienone is 1. The molecule has 0 heterocycles. The van der Waals surface area contributed by atoms with E-state index in [1.54, 1.807) is 36.4 Å². The zero-order valence-corrected chi connectivity index (χ0v) is 15.1. The van der Waals surface area contributed by atoms with Gasteiger partial charge >= 0.3 is 0 Å². The number of benzene rings is 2. The van der Waals surface area contributed by atoms with Crippen LogP contribution < -0.4 is 4.74 Å². The highest BCUT2D eigenvalue weighted by Crippen LogP contribution is 2.24. The fourth-order valence-corrected chi connectivity index (χ4v) is 2.42. The monoisotopic (exact) mass is 344 g/mol. The predicted molar refractivity (Wildman–Crippen MR) is 101 cm³/mol. The van der Waals surface area contributed by atoms with Crippen LogP contribution in [0.15, 0.2) is 54.1 Å². The smallest absolute Gasteiger partial charge is 0.203 e. The molecule has 0 aromatic heterocycles. The molecule has 0 amide bonds. The Balaban J connectivity index is 2.34. The third-order valence-corrected chi connectivity index (χ3v) is 3.89. The van der Waals surface area contributed by atoms with Crippen molar-refractivity contribution in [2.45, 2.75) is 26.2 Å². The molecule has 0 unspecified atom stereocenters. The van der Waals surface area contributed by atoms with E-state index in [-0.39, 0.29) is 23.4 Å². The van der Waals surface area contributed by atoms with Gasteiger partial charge in [0.05, 0.1) is 0 Å². The Morgan fingerprint density at radius 3 is 2.31 bits per heavy atom. The van der Waals surface area contributed by atoms with Crippen LogP contribution in [0.5, 0.6) is 5.75 Å². The molecule has 4 heteroatoms. The lowest BCUT2D eigenvalue weighted by molar-refractivity contribution is 0.104. The molecule has 0 fully saturated rings. The van der Waals surface area contributed by atoms with Crippen molar-refractivity contribution >= 4 is 11.9 Å². The van der Waals surface area contributed by atoms with Gasteiger partial charge in [-0.05, 0) is 23.1 Å². The molecule has 2 aromatic carbocycles. The van der Waals surface area contributed by atoms with Gasteiger partial charge in [0.2, 0.25) is 5.78 Å². The van der Waals surface area contributed by atoms with Gasteiger partial charge in [0.25, 0.3) is 0 Å². The second-order valence-electron chi connectivity index (χ2n) is 6.81. The van der Waals surface area contributed by atoms with Crippen molar-refractivity contribution in [2.75, 3.05) is 6.61 Å². The number of ether oxygens (including phenoxy) is 1. The summed E-state index contributed by atoms with van der Waals surface area (Å²) in [6, 6.07) is 18.2. The lowest BCUT2D eigenvalue weighted by atomic mass is 9.86. The van der Waals surface area contributed by atoms with Crippen LogP contribution >= 0.6 is 0 Å². The van der Waals surface area contributed by atoms with E-state index in [0.717, 1.165) is 5.56 Å². The third-order valence-electron chi connectivity index (χ3n) is 3.89. The van der Waals surface area contributed by atoms with Crippen molar-refractivity contribution in [1.82, 2.24) is 0 Å². The zero-order valence-electron chi connectivity index (χ0n) is 15.1. The third kappa shape index (κ3) is 4.59. The molecule has 130 valence electrons. The van der Waals surface area contributed by atoms with Gasteiger partial charge in [-0.3, -0.25) is 4.79 Å². The fourth-order valence-electron chi connectivity index (χ4n) is 2.42. The molecule has 2 aromatic rings. The lowest BCUT2D eigenvalue weighted by Gasteiger charge is -2.18. The minimum absolute atomic E-state index is 0.00744. The number of nitrogens with zero attached hydrogens (tertiary/aromatic N) is 2. The largest absolute Gasteiger partial charge is 0.478 e. The van der Waals surface area contributed by atoms with Crippen LogP contribution in [0.1, 0.15) is 42.3 Å². The summed E-state index contributed by atoms with van der Waals surface area (Å²) in [6.07, 6.45) is 1.49. The van der Waals surface area contributed by atoms with Crippen molar-refractivity contribution in [3.63, 3.8) is 0 Å². The quantitative estimate of drug-likeness (QED) is 0.448. The number of para-hydroxylation sites is 1. The topological polar surface area (TPSA) is 73.9 Å². The average Bonchev–Trinajstić information content (AvgIpc) is 2.64. The first-order valence-corrected chi connectivity index (χ1v) is 8.22. The first kappa shape index (κ1) is 19.0. The fraction of sp³-hybridized carbons (Fsp3) is 0.227. The second-order valence-corrected chi connectivity index (χ2v) is 6.81. The molecule has 0 N–H and O–H groups in total. The molecule has 4 nitrogen and oxygen atoms in total. The highest BCUT2D eigenvalue weighted by molar-refractivity contribution is 6.14. The van der Waals surface area contributed by atoms with Gasteiger partial charge in [-0.15, -0.1) is 0 Å². The van der Waals surface area contributed by atoms with Crippen LogP contribution in [0, 0.1) is 22.7 Å². The van der Waals surface area contributed by atoms with Crippen molar-refractivity contribution in [3.05, 3.63) is 70.8 Å². The number of ketones is 1. The summed E-state index contributed by atoms with van der Waals surface area (Å²) in [5, 5.41) is 18.1. The Hall–Kier alpha value is -3.37. The molecule has 0 saturated heterocycles. The summed E-state index contributed by atoms with van der Waals surface area (Å²) in [5.74, 6) is 0.112. The number of hydrogen-bond donors (Lipinski definition) is 0. The van der Waals surface area contributed by atoms with Gasteiger partial charge < -0.3 is 4.74 Å². The van der Waals surface area contributed by atoms with E-state index < -0.39 is 0 Å². The highest BCUT2D eigenvalue weighted by atomic mass is 16.5. The Kier molecular flexibility index (Phi) is 5.94. The number of hydrogen-bond acceptors (Lipinski definition) is 4. The molecule has 26 heavy (non-hydrogen) atoms. The SMILES string of the molecule is CC(C)(C)c1ccc(C(=O)/C(C#N)=C/c2ccccc2OCC#N)cc1. The summed E-state index contributed by atoms with van der Waals surface area (Å²) < 4.78 is 5.34. The maximum atomic E-state index is 12.7. The van der Waals surface area contributed by atoms with Crippen molar-refractivity contribution < 1.29 is 9.53 Å². The van der Waals surface area contributed by atoms with Crippen LogP contribution in [-0.4, -0.2) is 12.4 Å². The lowest BCUT2D eigenvalue weighted by Crippen LogP contribution is -2.11. The number of carbonyl (C=O) groups excluding carboxylic acids is 1. The summed E-state index contributed by atoms with van der Waals surface area (Å²) in [6.45, 7) is 6.20. The van der Waals surface area contributed by atoms with Gasteiger partial charge in [0.15, 0.2) is 6.61 Å². The Labute approximate surface area is 154 Å². The Bertz CT molecular complexity index is 905. The summed E-state index contributed by atoms with van der Waals surface area (Å²) in [4.78, 5) is 12.7. The predicted octanol–water partition coefficient (Wildman–Crippen LogP) is 4.68. The maximum absolute atomic E-state index is 12.7. The van der Waals surface area contributed by atoms with Gasteiger partial charge in [-0.25, -0.2) is 0 Å². The zero-order chi connectivity index (χ0) is 19.2. The molecule has 0 atom stereocenters. The standard InChI is InChI=1S/C22H20N2O2/c1-22(2,3)19-10-8-16(9-11-19)21(25)18(15-24)14-17-6-4-5-7-20(17)26-13-12-23/h4-11,14H,13H2,1-3H3/b18-14+. The summed E-state index contributed by atoms with van der Waals surface area (Å²) in [5.41, 5.74) is 2.17. The summed E-state index contributed by atoms with van der Waals surface area (Å²) in [7, 11) is 0. The Morgan fingerprint density at radius 2 is 1.73 bits per heavy atom. The van der Waals surface area contributed by atoms with Crippen molar-refractivity contribution in [1.29, 1.82) is 10.5 Å². The number of nitriles is 2. The Morgan fingerprint density at radius 1 is 1.08 bits per heavy atom. The summed E-state index contributed by atoms with van der Waals surface area (Å²) >= 11 is 0. The molecule has 0 saturated carbocycles. The van der Waals surface area contributed by atoms with Gasteiger partial charge in [-0.2, -0.15) is 10.5 Å². The van der Waals surface area contributed by atoms with E-state index >= 15 is 0 Å². The van der Waals surface area contributed by atoms with Crippen LogP contribution in [0.4, 0.5) is 0 Å². The number of rotatable bonds is 5. The number of Topliss-reactive ketones (excluding diaryl/α,β-unsaturated/α-hetero) is 1. The molecule has 2 rings (SSSR count). The van der Waals surface area contributed by atoms with Gasteiger partial charge in [0.1, 0.15) is 23.5 Å². The van der Waals surface area contributed by atoms with Crippen LogP contribution in [0.2, 0.25) is 0 Å². The van der Waals surface area contributed by atoms with E-state index in [9.17, 15) is 10.1 Å². The molecule has 0 aliphatic rings. The molecule has 0 radical (unpaired) electrons. The minimum atomic E-state index is -0.344. The van der Waals surface area contributed by atoms with Crippen molar-refractivity contribution in [2.24, 2.45) is 0 Å². The first-order chi connectivity index (χ1) is 12.4. The highest BCUT2D eigenvalue weighted by Gasteiger charge is 2.16. The molecular weight excluding hydrogens is 324 g/mol. The molecule has 0 spiro atoms. The van der Waals surface area contributed by atoms with E-state index in [4.69, 9.17) is 10.00 Å².